The van der Waals surface area contributed by atoms with Crippen molar-refractivity contribution in [2.24, 2.45) is 11.8 Å². The van der Waals surface area contributed by atoms with Crippen LogP contribution < -0.4 is 15.8 Å². The van der Waals surface area contributed by atoms with Crippen LogP contribution in [0.3, 0.4) is 0 Å². The van der Waals surface area contributed by atoms with Crippen LogP contribution in [0.4, 0.5) is 11.4 Å². The molecule has 3 N–H and O–H groups in total. The average Bonchev–Trinajstić information content (AvgIpc) is 2.86. The number of carbonyl (C=O) groups excluding carboxylic acids is 2. The minimum Gasteiger partial charge on any atom is -0.496 e. The largest absolute Gasteiger partial charge is 0.496 e. The fourth-order valence-corrected chi connectivity index (χ4v) is 4.33. The number of nitrogens with two attached hydrogens (primary N) is 1. The molecule has 2 heterocycles. The predicted molar refractivity (Wildman–Crippen MR) is 147 cm³/mol. The number of aryl methyl sites for hydroxylation is 2. The first kappa shape index (κ1) is 28.9. The Morgan fingerprint density at radius 2 is 1.69 bits per heavy atom. The molecule has 2 amide bonds. The molecule has 7 nitrogen and oxygen atoms in total. The summed E-state index contributed by atoms with van der Waals surface area (Å²) in [6, 6.07) is 11.5. The lowest BCUT2D eigenvalue weighted by Crippen LogP contribution is -2.48. The summed E-state index contributed by atoms with van der Waals surface area (Å²) in [6.45, 7) is 12.4. The van der Waals surface area contributed by atoms with E-state index in [1.54, 1.807) is 19.3 Å². The van der Waals surface area contributed by atoms with Gasteiger partial charge >= 0.3 is 0 Å². The predicted octanol–water partition coefficient (Wildman–Crippen LogP) is 5.07. The zero-order valence-corrected chi connectivity index (χ0v) is 22.5. The molecular formula is C29H41N3O4. The lowest BCUT2D eigenvalue weighted by molar-refractivity contribution is -0.133. The van der Waals surface area contributed by atoms with Crippen LogP contribution in [0.15, 0.2) is 42.5 Å². The highest BCUT2D eigenvalue weighted by Crippen LogP contribution is 2.29. The van der Waals surface area contributed by atoms with E-state index in [4.69, 9.17) is 15.2 Å². The maximum atomic E-state index is 12.6. The molecule has 4 rings (SSSR count). The third-order valence-electron chi connectivity index (χ3n) is 6.00. The third kappa shape index (κ3) is 8.72. The standard InChI is InChI=1S/C20H26N2O4.C7H9N.C2H6/c1-13-6-18(21-14(2)23)17(8-19(13)25-3)4-5-20(24)22-9-15-7-16(10-22)12-26-11-15;1-6-2-4-7(8)5-3-6;1-2/h4-6,8,15-16H,7,9-12H2,1-3H3,(H,21,23);2-5H,8H2,1H3;1-2H3/b5-4+;;. The van der Waals surface area contributed by atoms with E-state index in [0.29, 0.717) is 17.5 Å². The van der Waals surface area contributed by atoms with Gasteiger partial charge in [-0.2, -0.15) is 0 Å². The average molecular weight is 496 g/mol. The molecule has 0 spiro atoms. The SMILES string of the molecule is CC.COc1cc(/C=C/C(=O)N2CC3COCC(C3)C2)c(NC(C)=O)cc1C.Cc1ccc(N)cc1. The molecule has 36 heavy (non-hydrogen) atoms. The van der Waals surface area contributed by atoms with E-state index in [1.807, 2.05) is 69.0 Å². The molecule has 0 saturated carbocycles. The van der Waals surface area contributed by atoms with E-state index in [1.165, 1.54) is 12.5 Å². The molecule has 2 bridgehead atoms. The molecule has 196 valence electrons. The molecular weight excluding hydrogens is 454 g/mol. The molecule has 0 radical (unpaired) electrons. The van der Waals surface area contributed by atoms with Crippen molar-refractivity contribution in [2.75, 3.05) is 44.5 Å². The van der Waals surface area contributed by atoms with Gasteiger partial charge < -0.3 is 25.4 Å². The zero-order chi connectivity index (χ0) is 26.7. The van der Waals surface area contributed by atoms with Crippen molar-refractivity contribution in [3.8, 4) is 5.75 Å². The highest BCUT2D eigenvalue weighted by Gasteiger charge is 2.32. The Kier molecular flexibility index (Phi) is 11.5. The molecule has 2 fully saturated rings. The molecule has 2 saturated heterocycles. The Labute approximate surface area is 215 Å². The summed E-state index contributed by atoms with van der Waals surface area (Å²) in [5.74, 6) is 1.44. The summed E-state index contributed by atoms with van der Waals surface area (Å²) in [5.41, 5.74) is 9.84. The molecule has 2 atom stereocenters. The van der Waals surface area contributed by atoms with Crippen LogP contribution >= 0.6 is 0 Å². The highest BCUT2D eigenvalue weighted by molar-refractivity contribution is 5.95. The maximum absolute atomic E-state index is 12.6. The topological polar surface area (TPSA) is 93.9 Å². The number of likely N-dealkylation sites (tertiary alicyclic amines) is 1. The summed E-state index contributed by atoms with van der Waals surface area (Å²) in [5, 5.41) is 2.81. The van der Waals surface area contributed by atoms with E-state index in [9.17, 15) is 9.59 Å². The second-order valence-corrected chi connectivity index (χ2v) is 9.08. The number of nitrogens with one attached hydrogen (secondary N) is 1. The van der Waals surface area contributed by atoms with Crippen molar-refractivity contribution < 1.29 is 19.1 Å². The van der Waals surface area contributed by atoms with Crippen LogP contribution in [0.2, 0.25) is 0 Å². The fourth-order valence-electron chi connectivity index (χ4n) is 4.33. The molecule has 2 unspecified atom stereocenters. The number of nitrogens with zero attached hydrogens (tertiary/aromatic N) is 1. The summed E-state index contributed by atoms with van der Waals surface area (Å²) in [4.78, 5) is 26.0. The first-order valence-electron chi connectivity index (χ1n) is 12.6. The third-order valence-corrected chi connectivity index (χ3v) is 6.00. The molecule has 2 aromatic carbocycles. The van der Waals surface area contributed by atoms with Crippen LogP contribution in [0, 0.1) is 25.7 Å². The lowest BCUT2D eigenvalue weighted by atomic mass is 9.88. The Balaban J connectivity index is 0.000000384. The number of carbonyl (C=O) groups is 2. The van der Waals surface area contributed by atoms with Crippen molar-refractivity contribution in [3.05, 3.63) is 59.2 Å². The Morgan fingerprint density at radius 3 is 2.22 bits per heavy atom. The molecule has 7 heteroatoms. The number of amides is 2. The number of hydrogen-bond acceptors (Lipinski definition) is 5. The minimum absolute atomic E-state index is 0.00471. The number of anilines is 2. The van der Waals surface area contributed by atoms with Crippen LogP contribution in [-0.2, 0) is 14.3 Å². The number of hydrogen-bond donors (Lipinski definition) is 2. The van der Waals surface area contributed by atoms with Gasteiger partial charge in [0.1, 0.15) is 5.75 Å². The van der Waals surface area contributed by atoms with Gasteiger partial charge in [0.05, 0.1) is 20.3 Å². The lowest BCUT2D eigenvalue weighted by Gasteiger charge is -2.40. The van der Waals surface area contributed by atoms with E-state index in [0.717, 1.165) is 55.3 Å². The molecule has 2 aromatic rings. The molecule has 2 aliphatic heterocycles. The van der Waals surface area contributed by atoms with Gasteiger partial charge in [0.25, 0.3) is 0 Å². The second kappa shape index (κ2) is 14.3. The summed E-state index contributed by atoms with van der Waals surface area (Å²) < 4.78 is 10.9. The normalized spacial score (nSPS) is 18.3. The number of ether oxygens (including phenoxy) is 2. The Bertz CT molecular complexity index is 1000. The number of methoxy groups -OCH3 is 1. The van der Waals surface area contributed by atoms with Crippen LogP contribution in [-0.4, -0.2) is 50.1 Å². The second-order valence-electron chi connectivity index (χ2n) is 9.08. The number of rotatable bonds is 4. The van der Waals surface area contributed by atoms with Gasteiger partial charge in [0, 0.05) is 54.9 Å². The van der Waals surface area contributed by atoms with E-state index < -0.39 is 0 Å². The van der Waals surface area contributed by atoms with Gasteiger partial charge in [-0.25, -0.2) is 0 Å². The van der Waals surface area contributed by atoms with E-state index in [2.05, 4.69) is 5.32 Å². The highest BCUT2D eigenvalue weighted by atomic mass is 16.5. The molecule has 0 aromatic heterocycles. The van der Waals surface area contributed by atoms with Gasteiger partial charge in [-0.15, -0.1) is 0 Å². The smallest absolute Gasteiger partial charge is 0.246 e. The van der Waals surface area contributed by atoms with Crippen LogP contribution in [0.25, 0.3) is 6.08 Å². The quantitative estimate of drug-likeness (QED) is 0.456. The Morgan fingerprint density at radius 1 is 1.08 bits per heavy atom. The van der Waals surface area contributed by atoms with Gasteiger partial charge in [0.15, 0.2) is 0 Å². The monoisotopic (exact) mass is 495 g/mol. The van der Waals surface area contributed by atoms with Crippen molar-refractivity contribution in [3.63, 3.8) is 0 Å². The zero-order valence-electron chi connectivity index (χ0n) is 22.5. The first-order chi connectivity index (χ1) is 17.2. The van der Waals surface area contributed by atoms with Gasteiger partial charge in [0.2, 0.25) is 11.8 Å². The summed E-state index contributed by atoms with van der Waals surface area (Å²) in [6.07, 6.45) is 4.48. The van der Waals surface area contributed by atoms with Crippen molar-refractivity contribution in [1.29, 1.82) is 0 Å². The fraction of sp³-hybridized carbons (Fsp3) is 0.448. The minimum atomic E-state index is -0.153. The first-order valence-corrected chi connectivity index (χ1v) is 12.6. The number of nitrogen functional groups attached to an aromatic ring is 1. The summed E-state index contributed by atoms with van der Waals surface area (Å²) in [7, 11) is 1.60. The number of benzene rings is 2. The molecule has 0 aliphatic carbocycles. The van der Waals surface area contributed by atoms with Gasteiger partial charge in [-0.3, -0.25) is 9.59 Å². The van der Waals surface area contributed by atoms with E-state index >= 15 is 0 Å². The van der Waals surface area contributed by atoms with Crippen LogP contribution in [0.5, 0.6) is 5.75 Å². The van der Waals surface area contributed by atoms with Gasteiger partial charge in [-0.1, -0.05) is 31.5 Å². The maximum Gasteiger partial charge on any atom is 0.246 e. The van der Waals surface area contributed by atoms with Crippen molar-refractivity contribution in [1.82, 2.24) is 4.90 Å². The van der Waals surface area contributed by atoms with Crippen molar-refractivity contribution >= 4 is 29.3 Å². The molecule has 2 aliphatic rings. The van der Waals surface area contributed by atoms with Crippen molar-refractivity contribution in [2.45, 2.75) is 41.0 Å². The van der Waals surface area contributed by atoms with Gasteiger partial charge in [-0.05, 0) is 56.2 Å². The number of fused-ring (bicyclic) bond motifs is 2. The Hall–Kier alpha value is -3.32. The van der Waals surface area contributed by atoms with E-state index in [-0.39, 0.29) is 11.8 Å². The number of piperidine rings is 1. The summed E-state index contributed by atoms with van der Waals surface area (Å²) >= 11 is 0. The van der Waals surface area contributed by atoms with Crippen LogP contribution in [0.1, 0.15) is 43.9 Å².